The van der Waals surface area contributed by atoms with Crippen LogP contribution in [0.15, 0.2) is 60.7 Å². The molecule has 0 bridgehead atoms. The van der Waals surface area contributed by atoms with Crippen molar-refractivity contribution >= 4 is 27.0 Å². The van der Waals surface area contributed by atoms with Gasteiger partial charge >= 0.3 is 69.7 Å². The topological polar surface area (TPSA) is 183 Å². The molecule has 42 heavy (non-hydrogen) atoms. The average molecular weight is 653 g/mol. The zero-order valence-corrected chi connectivity index (χ0v) is 30.1. The van der Waals surface area contributed by atoms with Gasteiger partial charge in [-0.3, -0.25) is 0 Å². The quantitative estimate of drug-likeness (QED) is 0.100. The van der Waals surface area contributed by atoms with Crippen molar-refractivity contribution in [1.29, 1.82) is 0 Å². The van der Waals surface area contributed by atoms with Crippen LogP contribution >= 0.6 is 0 Å². The van der Waals surface area contributed by atoms with Gasteiger partial charge in [-0.1, -0.05) is 60.7 Å². The van der Waals surface area contributed by atoms with E-state index in [1.807, 2.05) is 60.7 Å². The Labute approximate surface area is 295 Å². The van der Waals surface area contributed by atoms with E-state index in [1.165, 1.54) is 7.11 Å². The number of methoxy groups -OCH3 is 2. The van der Waals surface area contributed by atoms with Crippen LogP contribution in [0.5, 0.6) is 0 Å². The number of aliphatic hydroxyl groups excluding tert-OH is 1. The molecule has 2 aromatic rings. The summed E-state index contributed by atoms with van der Waals surface area (Å²) in [6.07, 6.45) is 1.85. The molecule has 0 aliphatic rings. The summed E-state index contributed by atoms with van der Waals surface area (Å²) in [5, 5.41) is 9.14. The molecule has 228 valence electrons. The Morgan fingerprint density at radius 3 is 1.52 bits per heavy atom. The van der Waals surface area contributed by atoms with Gasteiger partial charge in [0, 0.05) is 20.6 Å². The summed E-state index contributed by atoms with van der Waals surface area (Å²) in [5.74, 6) is 0. The monoisotopic (exact) mass is 652 g/mol. The predicted octanol–water partition coefficient (Wildman–Crippen LogP) is -3.82. The number of benzene rings is 2. The Hall–Kier alpha value is -0.560. The molecule has 2 aromatic carbocycles. The third-order valence-electron chi connectivity index (χ3n) is 5.17. The van der Waals surface area contributed by atoms with Crippen LogP contribution in [0.2, 0.25) is 0 Å². The molecular weight excluding hydrogens is 614 g/mol. The first-order chi connectivity index (χ1) is 19.0. The maximum Gasteiger partial charge on any atom is 1.00 e. The van der Waals surface area contributed by atoms with Crippen LogP contribution in [-0.2, 0) is 57.7 Å². The van der Waals surface area contributed by atoms with Crippen molar-refractivity contribution in [2.75, 3.05) is 27.4 Å². The summed E-state index contributed by atoms with van der Waals surface area (Å²) in [6.45, 7) is 1.79. The maximum absolute atomic E-state index is 10.6. The van der Waals surface area contributed by atoms with Crippen LogP contribution in [0.4, 0.5) is 0 Å². The van der Waals surface area contributed by atoms with Gasteiger partial charge in [-0.25, -0.2) is 8.42 Å². The van der Waals surface area contributed by atoms with Gasteiger partial charge in [-0.05, 0) is 30.4 Å². The normalized spacial score (nSPS) is 12.4. The number of ether oxygens (including phenoxy) is 4. The van der Waals surface area contributed by atoms with E-state index in [0.29, 0.717) is 26.2 Å². The van der Waals surface area contributed by atoms with Gasteiger partial charge in [0.25, 0.3) is 0 Å². The smallest absolute Gasteiger partial charge is 1.00 e. The molecule has 0 aromatic heterocycles. The third kappa shape index (κ3) is 27.0. The van der Waals surface area contributed by atoms with E-state index in [9.17, 15) is 17.8 Å². The van der Waals surface area contributed by atoms with Crippen molar-refractivity contribution in [2.45, 2.75) is 56.5 Å². The van der Waals surface area contributed by atoms with Crippen molar-refractivity contribution in [3.8, 4) is 0 Å². The Balaban J connectivity index is -0.000000300. The minimum atomic E-state index is -4.66. The summed E-state index contributed by atoms with van der Waals surface area (Å²) in [5.41, 5.74) is 0.270. The number of rotatable bonds is 17. The maximum atomic E-state index is 10.6. The van der Waals surface area contributed by atoms with Crippen molar-refractivity contribution in [2.24, 2.45) is 0 Å². The largest absolute Gasteiger partial charge is 1.00 e. The molecule has 3 atom stereocenters. The molecule has 0 radical (unpaired) electrons. The minimum absolute atomic E-state index is 0. The first-order valence-corrected chi connectivity index (χ1v) is 14.6. The van der Waals surface area contributed by atoms with Crippen molar-refractivity contribution in [1.82, 2.24) is 0 Å². The molecule has 0 heterocycles. The molecule has 12 nitrogen and oxygen atoms in total. The number of carbonyl (C=O) groups is 1. The average Bonchev–Trinajstić information content (AvgIpc) is 2.93. The second-order valence-electron chi connectivity index (χ2n) is 8.19. The van der Waals surface area contributed by atoms with Crippen LogP contribution in [0.25, 0.3) is 0 Å². The second-order valence-corrected chi connectivity index (χ2v) is 10.1. The second kappa shape index (κ2) is 29.2. The number of hydrogen-bond acceptors (Lipinski definition) is 12. The zero-order valence-electron chi connectivity index (χ0n) is 25.5. The Morgan fingerprint density at radius 2 is 1.19 bits per heavy atom. The van der Waals surface area contributed by atoms with Crippen LogP contribution in [0.1, 0.15) is 38.2 Å². The SMILES string of the molecule is CO[C@@H](CCC(O)S(=O)(=O)[O-])COCc1ccccc1.CO[C@@H](CCC=O)COCc1ccccc1.O=S(=O)=O.[H-].[Na+].[Na+]. The van der Waals surface area contributed by atoms with Crippen molar-refractivity contribution in [3.05, 3.63) is 71.8 Å². The van der Waals surface area contributed by atoms with Gasteiger partial charge in [0.05, 0.1) is 38.6 Å². The van der Waals surface area contributed by atoms with Gasteiger partial charge in [-0.15, -0.1) is 12.6 Å². The van der Waals surface area contributed by atoms with E-state index < -0.39 is 26.2 Å². The van der Waals surface area contributed by atoms with Crippen LogP contribution in [-0.4, -0.2) is 82.1 Å². The molecule has 2 rings (SSSR count). The first-order valence-electron chi connectivity index (χ1n) is 12.2. The number of aldehydes is 1. The molecule has 16 heteroatoms. The summed E-state index contributed by atoms with van der Waals surface area (Å²) in [7, 11) is -4.67. The molecule has 0 spiro atoms. The van der Waals surface area contributed by atoms with Crippen molar-refractivity contribution in [3.63, 3.8) is 0 Å². The fourth-order valence-electron chi connectivity index (χ4n) is 3.03. The number of aliphatic hydroxyl groups is 1. The molecule has 0 amide bonds. The molecule has 1 N–H and O–H groups in total. The third-order valence-corrected chi connectivity index (χ3v) is 6.07. The van der Waals surface area contributed by atoms with Crippen LogP contribution in [0, 0.1) is 0 Å². The molecule has 0 saturated heterocycles. The van der Waals surface area contributed by atoms with Gasteiger partial charge in [0.1, 0.15) is 21.8 Å². The van der Waals surface area contributed by atoms with Gasteiger partial charge in [-0.2, -0.15) is 0 Å². The molecule has 0 fully saturated rings. The van der Waals surface area contributed by atoms with E-state index in [1.54, 1.807) is 7.11 Å². The van der Waals surface area contributed by atoms with E-state index in [4.69, 9.17) is 36.7 Å². The van der Waals surface area contributed by atoms with Crippen molar-refractivity contribution < 1.29 is 115 Å². The van der Waals surface area contributed by atoms with E-state index >= 15 is 0 Å². The fraction of sp³-hybridized carbons (Fsp3) is 0.500. The molecule has 1 unspecified atom stereocenters. The standard InChI is InChI=1S/C13H20O6S.C13H18O3.2Na.O3S.H/c1-18-12(7-8-13(14)20(15,16)17)10-19-9-11-5-3-2-4-6-11;1-15-13(8-5-9-14)11-16-10-12-6-3-2-4-7-12;;;1-4(2)3;/h2-6,12-14H,7-10H2,1H3,(H,15,16,17);2-4,6-7,9,13H,5,8,10-11H2,1H3;;;;/q;;2*+1;;-1/p-1/t12-,13?;13-;;;;/m00..../s1. The summed E-state index contributed by atoms with van der Waals surface area (Å²) >= 11 is 0. The van der Waals surface area contributed by atoms with Gasteiger partial charge in [0.2, 0.25) is 0 Å². The number of hydrogen-bond donors (Lipinski definition) is 1. The number of carbonyl (C=O) groups excluding carboxylic acids is 1. The summed E-state index contributed by atoms with van der Waals surface area (Å²) in [4.78, 5) is 10.2. The first kappa shape index (κ1) is 45.9. The zero-order chi connectivity index (χ0) is 30.2. The summed E-state index contributed by atoms with van der Waals surface area (Å²) in [6, 6.07) is 19.6. The van der Waals surface area contributed by atoms with Crippen LogP contribution in [0.3, 0.4) is 0 Å². The van der Waals surface area contributed by atoms with E-state index in [-0.39, 0.29) is 92.2 Å². The Kier molecular flexibility index (Phi) is 31.9. The Morgan fingerprint density at radius 1 is 0.810 bits per heavy atom. The summed E-state index contributed by atoms with van der Waals surface area (Å²) < 4.78 is 78.3. The van der Waals surface area contributed by atoms with Gasteiger partial charge in [0.15, 0.2) is 0 Å². The van der Waals surface area contributed by atoms with E-state index in [0.717, 1.165) is 23.8 Å². The molecule has 0 saturated carbocycles. The molecule has 0 aliphatic carbocycles. The minimum Gasteiger partial charge on any atom is -1.00 e. The molecule has 0 aliphatic heterocycles. The van der Waals surface area contributed by atoms with Crippen LogP contribution < -0.4 is 59.1 Å². The Bertz CT molecular complexity index is 1120. The van der Waals surface area contributed by atoms with E-state index in [2.05, 4.69) is 0 Å². The molecular formula is C26H38Na2O12S2. The predicted molar refractivity (Wildman–Crippen MR) is 145 cm³/mol. The fourth-order valence-corrected chi connectivity index (χ4v) is 3.45. The van der Waals surface area contributed by atoms with Gasteiger partial charge < -0.3 is 34.8 Å².